The Balaban J connectivity index is 2.61. The Morgan fingerprint density at radius 3 is 2.24 bits per heavy atom. The third kappa shape index (κ3) is 2.46. The van der Waals surface area contributed by atoms with Gasteiger partial charge in [0, 0.05) is 6.54 Å². The molecule has 6 heteroatoms. The summed E-state index contributed by atoms with van der Waals surface area (Å²) in [6, 6.07) is 3.63. The van der Waals surface area contributed by atoms with Gasteiger partial charge in [-0.1, -0.05) is 17.7 Å². The minimum atomic E-state index is -3.82. The molecule has 1 aromatic carbocycles. The third-order valence-corrected chi connectivity index (χ3v) is 6.51. The highest BCUT2D eigenvalue weighted by Gasteiger charge is 2.50. The van der Waals surface area contributed by atoms with E-state index >= 15 is 0 Å². The van der Waals surface area contributed by atoms with E-state index in [0.717, 1.165) is 9.87 Å². The van der Waals surface area contributed by atoms with Crippen molar-refractivity contribution in [3.63, 3.8) is 0 Å². The van der Waals surface area contributed by atoms with Gasteiger partial charge in [0.25, 0.3) is 0 Å². The average molecular weight is 311 g/mol. The predicted octanol–water partition coefficient (Wildman–Crippen LogP) is 2.24. The highest BCUT2D eigenvalue weighted by atomic mass is 32.2. The zero-order chi connectivity index (χ0) is 16.0. The maximum Gasteiger partial charge on any atom is 0.324 e. The zero-order valence-electron chi connectivity index (χ0n) is 12.8. The van der Waals surface area contributed by atoms with Crippen molar-refractivity contribution in [1.29, 1.82) is 0 Å². The lowest BCUT2D eigenvalue weighted by Gasteiger charge is -2.31. The van der Waals surface area contributed by atoms with Crippen LogP contribution in [0.1, 0.15) is 36.5 Å². The zero-order valence-corrected chi connectivity index (χ0v) is 13.6. The Bertz CT molecular complexity index is 673. The molecule has 1 saturated heterocycles. The number of nitrogens with zero attached hydrogens (tertiary/aromatic N) is 1. The fraction of sp³-hybridized carbons (Fsp3) is 0.533. The van der Waals surface area contributed by atoms with Crippen LogP contribution >= 0.6 is 0 Å². The van der Waals surface area contributed by atoms with Gasteiger partial charge in [-0.25, -0.2) is 8.42 Å². The summed E-state index contributed by atoms with van der Waals surface area (Å²) in [5.41, 5.74) is 0.952. The number of carbonyl (C=O) groups is 1. The lowest BCUT2D eigenvalue weighted by molar-refractivity contribution is -0.146. The van der Waals surface area contributed by atoms with Gasteiger partial charge < -0.3 is 5.11 Å². The summed E-state index contributed by atoms with van der Waals surface area (Å²) in [6.45, 7) is 7.15. The number of carboxylic acids is 1. The SMILES string of the molecule is Cc1cc(C)c(S(=O)(=O)N2CCCC2(C)C(=O)O)c(C)c1. The standard InChI is InChI=1S/C15H21NO4S/c1-10-8-11(2)13(12(3)9-10)21(19,20)16-7-5-6-15(16,4)14(17)18/h8-9H,5-7H2,1-4H3,(H,17,18). The molecule has 1 atom stereocenters. The summed E-state index contributed by atoms with van der Waals surface area (Å²) < 4.78 is 27.1. The van der Waals surface area contributed by atoms with Crippen LogP contribution < -0.4 is 0 Å². The Hall–Kier alpha value is -1.40. The Morgan fingerprint density at radius 1 is 1.24 bits per heavy atom. The van der Waals surface area contributed by atoms with Gasteiger partial charge in [-0.05, 0) is 51.7 Å². The van der Waals surface area contributed by atoms with Gasteiger partial charge in [0.1, 0.15) is 5.54 Å². The number of aliphatic carboxylic acids is 1. The summed E-state index contributed by atoms with van der Waals surface area (Å²) >= 11 is 0. The van der Waals surface area contributed by atoms with Crippen LogP contribution in [-0.2, 0) is 14.8 Å². The molecule has 2 rings (SSSR count). The van der Waals surface area contributed by atoms with Crippen molar-refractivity contribution in [2.24, 2.45) is 0 Å². The normalized spacial score (nSPS) is 23.4. The summed E-state index contributed by atoms with van der Waals surface area (Å²) in [7, 11) is -3.82. The van der Waals surface area contributed by atoms with E-state index in [4.69, 9.17) is 0 Å². The van der Waals surface area contributed by atoms with E-state index in [1.165, 1.54) is 6.92 Å². The quantitative estimate of drug-likeness (QED) is 0.929. The number of rotatable bonds is 3. The average Bonchev–Trinajstić information content (AvgIpc) is 2.71. The van der Waals surface area contributed by atoms with Crippen LogP contribution in [0.2, 0.25) is 0 Å². The number of carboxylic acid groups (broad SMARTS) is 1. The second kappa shape index (κ2) is 5.10. The fourth-order valence-electron chi connectivity index (χ4n) is 3.22. The van der Waals surface area contributed by atoms with Crippen molar-refractivity contribution >= 4 is 16.0 Å². The molecular weight excluding hydrogens is 290 g/mol. The first-order valence-corrected chi connectivity index (χ1v) is 8.39. The van der Waals surface area contributed by atoms with Crippen LogP contribution in [0.15, 0.2) is 17.0 Å². The molecule has 1 unspecified atom stereocenters. The molecular formula is C15H21NO4S. The lowest BCUT2D eigenvalue weighted by Crippen LogP contribution is -2.50. The molecule has 1 heterocycles. The molecule has 5 nitrogen and oxygen atoms in total. The molecule has 1 fully saturated rings. The maximum atomic E-state index is 13.0. The van der Waals surface area contributed by atoms with Crippen LogP contribution in [0.4, 0.5) is 0 Å². The second-order valence-electron chi connectivity index (χ2n) is 5.99. The van der Waals surface area contributed by atoms with Gasteiger partial charge in [-0.2, -0.15) is 4.31 Å². The number of aryl methyl sites for hydroxylation is 3. The van der Waals surface area contributed by atoms with Crippen molar-refractivity contribution in [1.82, 2.24) is 4.31 Å². The van der Waals surface area contributed by atoms with Gasteiger partial charge in [0.2, 0.25) is 10.0 Å². The lowest BCUT2D eigenvalue weighted by atomic mass is 10.0. The van der Waals surface area contributed by atoms with Crippen LogP contribution in [0.5, 0.6) is 0 Å². The summed E-state index contributed by atoms with van der Waals surface area (Å²) in [5.74, 6) is -1.09. The topological polar surface area (TPSA) is 74.7 Å². The van der Waals surface area contributed by atoms with Crippen molar-refractivity contribution in [3.05, 3.63) is 28.8 Å². The van der Waals surface area contributed by atoms with E-state index in [0.29, 0.717) is 24.0 Å². The molecule has 0 aromatic heterocycles. The highest BCUT2D eigenvalue weighted by molar-refractivity contribution is 7.89. The number of sulfonamides is 1. The van der Waals surface area contributed by atoms with Crippen molar-refractivity contribution < 1.29 is 18.3 Å². The second-order valence-corrected chi connectivity index (χ2v) is 7.79. The van der Waals surface area contributed by atoms with Gasteiger partial charge in [-0.3, -0.25) is 4.79 Å². The van der Waals surface area contributed by atoms with Gasteiger partial charge >= 0.3 is 5.97 Å². The van der Waals surface area contributed by atoms with E-state index in [9.17, 15) is 18.3 Å². The molecule has 1 N–H and O–H groups in total. The van der Waals surface area contributed by atoms with E-state index < -0.39 is 21.5 Å². The number of benzene rings is 1. The predicted molar refractivity (Wildman–Crippen MR) is 79.8 cm³/mol. The minimum Gasteiger partial charge on any atom is -0.480 e. The van der Waals surface area contributed by atoms with E-state index in [2.05, 4.69) is 0 Å². The van der Waals surface area contributed by atoms with Crippen molar-refractivity contribution in [2.75, 3.05) is 6.54 Å². The molecule has 1 aliphatic heterocycles. The molecule has 0 amide bonds. The van der Waals surface area contributed by atoms with Crippen LogP contribution in [0.3, 0.4) is 0 Å². The largest absolute Gasteiger partial charge is 0.480 e. The van der Waals surface area contributed by atoms with Crippen LogP contribution in [-0.4, -0.2) is 35.9 Å². The first-order chi connectivity index (χ1) is 9.60. The Kier molecular flexibility index (Phi) is 3.88. The molecule has 0 bridgehead atoms. The van der Waals surface area contributed by atoms with E-state index in [1.807, 2.05) is 19.1 Å². The molecule has 1 aliphatic rings. The van der Waals surface area contributed by atoms with E-state index in [1.54, 1.807) is 13.8 Å². The molecule has 0 spiro atoms. The summed E-state index contributed by atoms with van der Waals surface area (Å²) in [6.07, 6.45) is 0.900. The van der Waals surface area contributed by atoms with Crippen LogP contribution in [0, 0.1) is 20.8 Å². The van der Waals surface area contributed by atoms with Crippen molar-refractivity contribution in [3.8, 4) is 0 Å². The molecule has 0 aliphatic carbocycles. The maximum absolute atomic E-state index is 13.0. The number of hydrogen-bond donors (Lipinski definition) is 1. The molecule has 1 aromatic rings. The Labute approximate surface area is 125 Å². The summed E-state index contributed by atoms with van der Waals surface area (Å²) in [4.78, 5) is 11.8. The number of hydrogen-bond acceptors (Lipinski definition) is 3. The summed E-state index contributed by atoms with van der Waals surface area (Å²) in [5, 5.41) is 9.43. The first-order valence-electron chi connectivity index (χ1n) is 6.95. The molecule has 21 heavy (non-hydrogen) atoms. The van der Waals surface area contributed by atoms with Gasteiger partial charge in [0.05, 0.1) is 4.90 Å². The highest BCUT2D eigenvalue weighted by Crippen LogP contribution is 2.36. The monoisotopic (exact) mass is 311 g/mol. The molecule has 0 saturated carbocycles. The van der Waals surface area contributed by atoms with Crippen LogP contribution in [0.25, 0.3) is 0 Å². The van der Waals surface area contributed by atoms with Crippen molar-refractivity contribution in [2.45, 2.75) is 51.0 Å². The molecule has 0 radical (unpaired) electrons. The Morgan fingerprint density at radius 2 is 1.76 bits per heavy atom. The minimum absolute atomic E-state index is 0.238. The first kappa shape index (κ1) is 16.0. The fourth-order valence-corrected chi connectivity index (χ4v) is 5.44. The third-order valence-electron chi connectivity index (χ3n) is 4.19. The van der Waals surface area contributed by atoms with Gasteiger partial charge in [-0.15, -0.1) is 0 Å². The molecule has 116 valence electrons. The smallest absolute Gasteiger partial charge is 0.324 e. The van der Waals surface area contributed by atoms with E-state index in [-0.39, 0.29) is 11.4 Å². The van der Waals surface area contributed by atoms with Gasteiger partial charge in [0.15, 0.2) is 0 Å².